The largest absolute Gasteiger partial charge is 0.416 e. The van der Waals surface area contributed by atoms with E-state index in [4.69, 9.17) is 5.73 Å². The van der Waals surface area contributed by atoms with E-state index in [0.717, 1.165) is 12.1 Å². The second-order valence-electron chi connectivity index (χ2n) is 6.45. The molecule has 1 atom stereocenters. The molecule has 1 saturated heterocycles. The number of alkyl halides is 3. The molecule has 1 aliphatic heterocycles. The molecule has 2 N–H and O–H groups in total. The predicted octanol–water partition coefficient (Wildman–Crippen LogP) is 2.62. The minimum absolute atomic E-state index is 0.142. The number of piperazine rings is 1. The van der Waals surface area contributed by atoms with Gasteiger partial charge >= 0.3 is 12.2 Å². The Kier molecular flexibility index (Phi) is 5.09. The van der Waals surface area contributed by atoms with Crippen LogP contribution in [0.15, 0.2) is 30.3 Å². The first-order chi connectivity index (χ1) is 13.2. The van der Waals surface area contributed by atoms with Crippen molar-refractivity contribution in [2.75, 3.05) is 24.5 Å². The molecule has 0 saturated carbocycles. The fraction of sp³-hybridized carbons (Fsp3) is 0.333. The molecule has 1 aliphatic rings. The lowest BCUT2D eigenvalue weighted by atomic mass is 10.1. The Labute approximate surface area is 159 Å². The van der Waals surface area contributed by atoms with Crippen LogP contribution in [0.25, 0.3) is 11.3 Å². The van der Waals surface area contributed by atoms with Gasteiger partial charge in [-0.15, -0.1) is 0 Å². The summed E-state index contributed by atoms with van der Waals surface area (Å²) in [7, 11) is 0. The lowest BCUT2D eigenvalue weighted by Gasteiger charge is -2.39. The van der Waals surface area contributed by atoms with Crippen molar-refractivity contribution in [2.24, 2.45) is 5.73 Å². The van der Waals surface area contributed by atoms with Gasteiger partial charge < -0.3 is 15.5 Å². The number of benzene rings is 1. The average molecular weight is 390 g/mol. The molecule has 1 unspecified atom stereocenters. The Balaban J connectivity index is 1.98. The maximum Gasteiger partial charge on any atom is 0.416 e. The zero-order valence-corrected chi connectivity index (χ0v) is 14.9. The minimum Gasteiger partial charge on any atom is -0.351 e. The number of amides is 2. The molecule has 1 aromatic heterocycles. The van der Waals surface area contributed by atoms with E-state index in [9.17, 15) is 23.2 Å². The molecule has 0 aliphatic carbocycles. The molecule has 0 spiro atoms. The van der Waals surface area contributed by atoms with Gasteiger partial charge in [0.25, 0.3) is 0 Å². The summed E-state index contributed by atoms with van der Waals surface area (Å²) >= 11 is 0. The smallest absolute Gasteiger partial charge is 0.351 e. The van der Waals surface area contributed by atoms with Crippen LogP contribution in [0.1, 0.15) is 18.3 Å². The van der Waals surface area contributed by atoms with E-state index >= 15 is 0 Å². The third-order valence-electron chi connectivity index (χ3n) is 4.53. The van der Waals surface area contributed by atoms with Crippen LogP contribution >= 0.6 is 0 Å². The van der Waals surface area contributed by atoms with Gasteiger partial charge in [-0.25, -0.2) is 14.8 Å². The molecule has 7 nitrogen and oxygen atoms in total. The molecular weight excluding hydrogens is 373 g/mol. The molecule has 1 fully saturated rings. The average Bonchev–Trinajstić information content (AvgIpc) is 2.66. The van der Waals surface area contributed by atoms with Gasteiger partial charge in [0.2, 0.25) is 5.82 Å². The molecular formula is C18H17F3N6O. The summed E-state index contributed by atoms with van der Waals surface area (Å²) in [4.78, 5) is 23.0. The normalized spacial score (nSPS) is 17.3. The van der Waals surface area contributed by atoms with Crippen molar-refractivity contribution in [2.45, 2.75) is 19.1 Å². The highest BCUT2D eigenvalue weighted by molar-refractivity contribution is 5.72. The predicted molar refractivity (Wildman–Crippen MR) is 95.1 cm³/mol. The number of nitrogens with two attached hydrogens (primary N) is 1. The highest BCUT2D eigenvalue weighted by Crippen LogP contribution is 2.32. The molecule has 3 rings (SSSR count). The van der Waals surface area contributed by atoms with Gasteiger partial charge in [0.15, 0.2) is 0 Å². The van der Waals surface area contributed by atoms with Crippen LogP contribution in [-0.4, -0.2) is 46.6 Å². The first kappa shape index (κ1) is 19.4. The van der Waals surface area contributed by atoms with Gasteiger partial charge in [0.05, 0.1) is 11.3 Å². The third kappa shape index (κ3) is 3.98. The Morgan fingerprint density at radius 1 is 1.29 bits per heavy atom. The van der Waals surface area contributed by atoms with E-state index in [1.54, 1.807) is 6.07 Å². The molecule has 2 aromatic rings. The molecule has 2 amide bonds. The summed E-state index contributed by atoms with van der Waals surface area (Å²) < 4.78 is 39.0. The second-order valence-corrected chi connectivity index (χ2v) is 6.45. The number of nitriles is 1. The number of primary amides is 1. The third-order valence-corrected chi connectivity index (χ3v) is 4.53. The van der Waals surface area contributed by atoms with Crippen LogP contribution < -0.4 is 10.6 Å². The molecule has 28 heavy (non-hydrogen) atoms. The molecule has 0 radical (unpaired) electrons. The highest BCUT2D eigenvalue weighted by atomic mass is 19.4. The number of urea groups is 1. The maximum atomic E-state index is 13.0. The van der Waals surface area contributed by atoms with E-state index < -0.39 is 17.8 Å². The number of hydrogen-bond acceptors (Lipinski definition) is 5. The Morgan fingerprint density at radius 2 is 2.04 bits per heavy atom. The number of halogens is 3. The summed E-state index contributed by atoms with van der Waals surface area (Å²) in [6.07, 6.45) is -4.48. The Morgan fingerprint density at radius 3 is 2.64 bits per heavy atom. The maximum absolute atomic E-state index is 13.0. The zero-order chi connectivity index (χ0) is 20.5. The molecule has 10 heteroatoms. The fourth-order valence-electron chi connectivity index (χ4n) is 3.13. The van der Waals surface area contributed by atoms with E-state index in [1.807, 2.05) is 17.9 Å². The van der Waals surface area contributed by atoms with Crippen LogP contribution in [0.2, 0.25) is 0 Å². The van der Waals surface area contributed by atoms with Crippen molar-refractivity contribution in [1.29, 1.82) is 5.26 Å². The number of nitrogens with zero attached hydrogens (tertiary/aromatic N) is 5. The number of aromatic nitrogens is 2. The van der Waals surface area contributed by atoms with Crippen LogP contribution in [0.5, 0.6) is 0 Å². The number of carbonyl (C=O) groups excluding carboxylic acids is 1. The van der Waals surface area contributed by atoms with Gasteiger partial charge in [0.1, 0.15) is 11.9 Å². The zero-order valence-electron chi connectivity index (χ0n) is 14.9. The molecule has 2 heterocycles. The van der Waals surface area contributed by atoms with Crippen molar-refractivity contribution < 1.29 is 18.0 Å². The van der Waals surface area contributed by atoms with Gasteiger partial charge in [0, 0.05) is 37.3 Å². The first-order valence-electron chi connectivity index (χ1n) is 8.47. The fourth-order valence-corrected chi connectivity index (χ4v) is 3.13. The van der Waals surface area contributed by atoms with Crippen LogP contribution in [-0.2, 0) is 6.18 Å². The van der Waals surface area contributed by atoms with Crippen molar-refractivity contribution in [3.63, 3.8) is 0 Å². The SMILES string of the molecule is CC1CN(C(N)=O)CCN1c1cc(-c2cccc(C(F)(F)F)c2)nc(C#N)n1. The lowest BCUT2D eigenvalue weighted by Crippen LogP contribution is -2.55. The van der Waals surface area contributed by atoms with Gasteiger partial charge in [-0.05, 0) is 19.1 Å². The number of rotatable bonds is 2. The van der Waals surface area contributed by atoms with Crippen molar-refractivity contribution in [3.05, 3.63) is 41.7 Å². The summed E-state index contributed by atoms with van der Waals surface area (Å²) in [5, 5.41) is 9.25. The number of hydrogen-bond donors (Lipinski definition) is 1. The molecule has 1 aromatic carbocycles. The Hall–Kier alpha value is -3.35. The van der Waals surface area contributed by atoms with Gasteiger partial charge in [-0.3, -0.25) is 0 Å². The Bertz CT molecular complexity index is 940. The standard InChI is InChI=1S/C18H17F3N6O/c1-11-10-26(17(23)28)5-6-27(11)16-8-14(24-15(9-22)25-16)12-3-2-4-13(7-12)18(19,20)21/h2-4,7-8,11H,5-6,10H2,1H3,(H2,23,28). The lowest BCUT2D eigenvalue weighted by molar-refractivity contribution is -0.137. The highest BCUT2D eigenvalue weighted by Gasteiger charge is 2.31. The van der Waals surface area contributed by atoms with Crippen molar-refractivity contribution in [3.8, 4) is 17.3 Å². The topological polar surface area (TPSA) is 99.1 Å². The monoisotopic (exact) mass is 390 g/mol. The minimum atomic E-state index is -4.48. The molecule has 146 valence electrons. The number of anilines is 1. The summed E-state index contributed by atoms with van der Waals surface area (Å²) in [5.74, 6) is 0.269. The quantitative estimate of drug-likeness (QED) is 0.850. The van der Waals surface area contributed by atoms with E-state index in [1.165, 1.54) is 17.0 Å². The van der Waals surface area contributed by atoms with Gasteiger partial charge in [-0.2, -0.15) is 18.4 Å². The van der Waals surface area contributed by atoms with Crippen LogP contribution in [0, 0.1) is 11.3 Å². The number of carbonyl (C=O) groups is 1. The van der Waals surface area contributed by atoms with Crippen molar-refractivity contribution >= 4 is 11.8 Å². The van der Waals surface area contributed by atoms with Crippen molar-refractivity contribution in [1.82, 2.24) is 14.9 Å². The second kappa shape index (κ2) is 7.34. The van der Waals surface area contributed by atoms with Crippen LogP contribution in [0.3, 0.4) is 0 Å². The van der Waals surface area contributed by atoms with E-state index in [0.29, 0.717) is 25.5 Å². The summed E-state index contributed by atoms with van der Waals surface area (Å²) in [5.41, 5.74) is 4.97. The van der Waals surface area contributed by atoms with E-state index in [-0.39, 0.29) is 23.1 Å². The van der Waals surface area contributed by atoms with E-state index in [2.05, 4.69) is 9.97 Å². The summed E-state index contributed by atoms with van der Waals surface area (Å²) in [6.45, 7) is 3.05. The summed E-state index contributed by atoms with van der Waals surface area (Å²) in [6, 6.07) is 7.49. The first-order valence-corrected chi connectivity index (χ1v) is 8.47. The van der Waals surface area contributed by atoms with Crippen LogP contribution in [0.4, 0.5) is 23.8 Å². The van der Waals surface area contributed by atoms with Gasteiger partial charge in [-0.1, -0.05) is 12.1 Å². The molecule has 0 bridgehead atoms.